The van der Waals surface area contributed by atoms with Crippen molar-refractivity contribution in [1.29, 1.82) is 0 Å². The van der Waals surface area contributed by atoms with Crippen LogP contribution in [-0.4, -0.2) is 29.1 Å². The lowest BCUT2D eigenvalue weighted by Crippen LogP contribution is -2.31. The standard InChI is InChI=1S/C5H11NO2/c7-3-4-1-2-5(8)6-4/h4-8H,1-3H2. The Morgan fingerprint density at radius 3 is 2.50 bits per heavy atom. The molecule has 2 unspecified atom stereocenters. The van der Waals surface area contributed by atoms with Gasteiger partial charge in [0, 0.05) is 6.04 Å². The maximum absolute atomic E-state index is 8.81. The van der Waals surface area contributed by atoms with Crippen LogP contribution in [0.25, 0.3) is 0 Å². The fourth-order valence-corrected chi connectivity index (χ4v) is 0.942. The monoisotopic (exact) mass is 117 g/mol. The molecule has 0 radical (unpaired) electrons. The Hall–Kier alpha value is -0.120. The summed E-state index contributed by atoms with van der Waals surface area (Å²) in [6.45, 7) is 0.136. The Kier molecular flexibility index (Phi) is 1.83. The average Bonchev–Trinajstić information content (AvgIpc) is 2.14. The Bertz CT molecular complexity index is 76.8. The number of hydrogen-bond acceptors (Lipinski definition) is 3. The van der Waals surface area contributed by atoms with Crippen molar-refractivity contribution in [2.45, 2.75) is 25.1 Å². The third kappa shape index (κ3) is 1.18. The third-order valence-corrected chi connectivity index (χ3v) is 1.44. The first-order chi connectivity index (χ1) is 3.83. The molecule has 1 rings (SSSR count). The predicted octanol–water partition coefficient (Wildman–Crippen LogP) is -0.951. The molecule has 48 valence electrons. The lowest BCUT2D eigenvalue weighted by molar-refractivity contribution is 0.144. The van der Waals surface area contributed by atoms with Gasteiger partial charge < -0.3 is 10.2 Å². The van der Waals surface area contributed by atoms with Crippen LogP contribution in [0.5, 0.6) is 0 Å². The molecule has 3 nitrogen and oxygen atoms in total. The van der Waals surface area contributed by atoms with Gasteiger partial charge >= 0.3 is 0 Å². The van der Waals surface area contributed by atoms with Gasteiger partial charge in [0.05, 0.1) is 6.61 Å². The van der Waals surface area contributed by atoms with Gasteiger partial charge in [0.1, 0.15) is 6.23 Å². The molecule has 8 heavy (non-hydrogen) atoms. The number of aliphatic hydroxyl groups is 2. The summed E-state index contributed by atoms with van der Waals surface area (Å²) in [4.78, 5) is 0. The maximum Gasteiger partial charge on any atom is 0.105 e. The van der Waals surface area contributed by atoms with Crippen LogP contribution in [0, 0.1) is 0 Å². The largest absolute Gasteiger partial charge is 0.395 e. The van der Waals surface area contributed by atoms with Gasteiger partial charge in [-0.25, -0.2) is 0 Å². The quantitative estimate of drug-likeness (QED) is 0.415. The maximum atomic E-state index is 8.81. The summed E-state index contributed by atoms with van der Waals surface area (Å²) < 4.78 is 0. The van der Waals surface area contributed by atoms with E-state index in [9.17, 15) is 0 Å². The van der Waals surface area contributed by atoms with E-state index in [1.54, 1.807) is 0 Å². The molecular formula is C5H11NO2. The van der Waals surface area contributed by atoms with Crippen molar-refractivity contribution >= 4 is 0 Å². The van der Waals surface area contributed by atoms with Crippen LogP contribution >= 0.6 is 0 Å². The first-order valence-electron chi connectivity index (χ1n) is 2.88. The zero-order chi connectivity index (χ0) is 5.98. The van der Waals surface area contributed by atoms with E-state index >= 15 is 0 Å². The molecule has 3 heteroatoms. The van der Waals surface area contributed by atoms with E-state index in [0.717, 1.165) is 12.8 Å². The summed E-state index contributed by atoms with van der Waals surface area (Å²) in [5, 5.41) is 20.1. The molecule has 1 aliphatic heterocycles. The van der Waals surface area contributed by atoms with Crippen LogP contribution in [-0.2, 0) is 0 Å². The topological polar surface area (TPSA) is 52.5 Å². The number of aliphatic hydroxyl groups excluding tert-OH is 2. The molecule has 3 N–H and O–H groups in total. The Morgan fingerprint density at radius 1 is 1.50 bits per heavy atom. The average molecular weight is 117 g/mol. The van der Waals surface area contributed by atoms with Crippen molar-refractivity contribution in [3.8, 4) is 0 Å². The highest BCUT2D eigenvalue weighted by molar-refractivity contribution is 4.75. The van der Waals surface area contributed by atoms with Crippen molar-refractivity contribution in [3.63, 3.8) is 0 Å². The van der Waals surface area contributed by atoms with Crippen LogP contribution < -0.4 is 5.32 Å². The van der Waals surface area contributed by atoms with Crippen LogP contribution in [0.1, 0.15) is 12.8 Å². The lowest BCUT2D eigenvalue weighted by Gasteiger charge is -2.04. The smallest absolute Gasteiger partial charge is 0.105 e. The minimum Gasteiger partial charge on any atom is -0.395 e. The fraction of sp³-hybridized carbons (Fsp3) is 1.00. The third-order valence-electron chi connectivity index (χ3n) is 1.44. The molecule has 0 aromatic rings. The van der Waals surface area contributed by atoms with Crippen LogP contribution in [0.2, 0.25) is 0 Å². The fourth-order valence-electron chi connectivity index (χ4n) is 0.942. The molecular weight excluding hydrogens is 106 g/mol. The molecule has 0 aromatic carbocycles. The van der Waals surface area contributed by atoms with E-state index in [1.165, 1.54) is 0 Å². The Labute approximate surface area is 48.3 Å². The second-order valence-corrected chi connectivity index (χ2v) is 2.14. The van der Waals surface area contributed by atoms with Crippen molar-refractivity contribution in [1.82, 2.24) is 5.32 Å². The highest BCUT2D eigenvalue weighted by Crippen LogP contribution is 2.08. The SMILES string of the molecule is OCC1CCC(O)N1. The van der Waals surface area contributed by atoms with Crippen molar-refractivity contribution < 1.29 is 10.2 Å². The van der Waals surface area contributed by atoms with E-state index in [-0.39, 0.29) is 18.9 Å². The Balaban J connectivity index is 2.22. The van der Waals surface area contributed by atoms with E-state index < -0.39 is 0 Å². The zero-order valence-corrected chi connectivity index (χ0v) is 4.67. The Morgan fingerprint density at radius 2 is 2.25 bits per heavy atom. The molecule has 1 aliphatic rings. The summed E-state index contributed by atoms with van der Waals surface area (Å²) >= 11 is 0. The molecule has 1 saturated heterocycles. The summed E-state index contributed by atoms with van der Waals surface area (Å²) in [7, 11) is 0. The second-order valence-electron chi connectivity index (χ2n) is 2.14. The molecule has 2 atom stereocenters. The molecule has 1 fully saturated rings. The molecule has 1 heterocycles. The minimum absolute atomic E-state index is 0.130. The van der Waals surface area contributed by atoms with Gasteiger partial charge in [0.25, 0.3) is 0 Å². The van der Waals surface area contributed by atoms with Gasteiger partial charge in [-0.15, -0.1) is 0 Å². The molecule has 0 bridgehead atoms. The van der Waals surface area contributed by atoms with Crippen molar-refractivity contribution in [2.24, 2.45) is 0 Å². The highest BCUT2D eigenvalue weighted by atomic mass is 16.3. The minimum atomic E-state index is -0.382. The second kappa shape index (κ2) is 2.44. The van der Waals surface area contributed by atoms with Gasteiger partial charge in [-0.2, -0.15) is 0 Å². The normalized spacial score (nSPS) is 38.2. The first-order valence-corrected chi connectivity index (χ1v) is 2.88. The summed E-state index contributed by atoms with van der Waals surface area (Å²) in [6.07, 6.45) is 1.27. The molecule has 0 spiro atoms. The van der Waals surface area contributed by atoms with Crippen LogP contribution in [0.3, 0.4) is 0 Å². The lowest BCUT2D eigenvalue weighted by atomic mass is 10.2. The van der Waals surface area contributed by atoms with E-state index in [4.69, 9.17) is 10.2 Å². The number of hydrogen-bond donors (Lipinski definition) is 3. The van der Waals surface area contributed by atoms with Gasteiger partial charge in [-0.05, 0) is 12.8 Å². The van der Waals surface area contributed by atoms with Gasteiger partial charge in [-0.3, -0.25) is 5.32 Å². The predicted molar refractivity (Wildman–Crippen MR) is 29.3 cm³/mol. The zero-order valence-electron chi connectivity index (χ0n) is 4.67. The van der Waals surface area contributed by atoms with Crippen molar-refractivity contribution in [2.75, 3.05) is 6.61 Å². The van der Waals surface area contributed by atoms with Crippen LogP contribution in [0.4, 0.5) is 0 Å². The highest BCUT2D eigenvalue weighted by Gasteiger charge is 2.19. The molecule has 0 amide bonds. The summed E-state index contributed by atoms with van der Waals surface area (Å²) in [6, 6.07) is 0.130. The van der Waals surface area contributed by atoms with E-state index in [0.29, 0.717) is 0 Å². The summed E-state index contributed by atoms with van der Waals surface area (Å²) in [5.74, 6) is 0. The molecule has 0 aromatic heterocycles. The number of rotatable bonds is 1. The number of nitrogens with one attached hydrogen (secondary N) is 1. The first kappa shape index (κ1) is 6.01. The van der Waals surface area contributed by atoms with Crippen molar-refractivity contribution in [3.05, 3.63) is 0 Å². The molecule has 0 aliphatic carbocycles. The van der Waals surface area contributed by atoms with Gasteiger partial charge in [0.15, 0.2) is 0 Å². The van der Waals surface area contributed by atoms with Gasteiger partial charge in [-0.1, -0.05) is 0 Å². The van der Waals surface area contributed by atoms with Gasteiger partial charge in [0.2, 0.25) is 0 Å². The van der Waals surface area contributed by atoms with E-state index in [1.807, 2.05) is 0 Å². The summed E-state index contributed by atoms with van der Waals surface area (Å²) in [5.41, 5.74) is 0. The molecule has 0 saturated carbocycles. The van der Waals surface area contributed by atoms with Crippen LogP contribution in [0.15, 0.2) is 0 Å². The van der Waals surface area contributed by atoms with E-state index in [2.05, 4.69) is 5.32 Å².